The van der Waals surface area contributed by atoms with E-state index in [0.717, 1.165) is 0 Å². The number of hydrogen-bond donors (Lipinski definition) is 0. The van der Waals surface area contributed by atoms with Crippen molar-refractivity contribution in [2.45, 2.75) is 39.8 Å². The highest BCUT2D eigenvalue weighted by Gasteiger charge is 2.24. The van der Waals surface area contributed by atoms with Gasteiger partial charge in [-0.15, -0.1) is 0 Å². The molecule has 0 bridgehead atoms. The minimum absolute atomic E-state index is 0.0413. The molecule has 0 radical (unpaired) electrons. The quantitative estimate of drug-likeness (QED) is 0.822. The maximum absolute atomic E-state index is 5.83. The average Bonchev–Trinajstić information content (AvgIpc) is 2.38. The van der Waals surface area contributed by atoms with Gasteiger partial charge < -0.3 is 14.2 Å². The molecule has 0 amide bonds. The number of benzene rings is 1. The van der Waals surface area contributed by atoms with Crippen LogP contribution in [0.15, 0.2) is 24.3 Å². The van der Waals surface area contributed by atoms with Crippen LogP contribution in [0.5, 0.6) is 0 Å². The summed E-state index contributed by atoms with van der Waals surface area (Å²) in [6.45, 7) is 8.15. The third kappa shape index (κ3) is 3.55. The van der Waals surface area contributed by atoms with E-state index >= 15 is 0 Å². The minimum atomic E-state index is -0.0803. The zero-order chi connectivity index (χ0) is 13.0. The normalized spacial score (nSPS) is 24.4. The number of aryl methyl sites for hydroxylation is 1. The second-order valence-corrected chi connectivity index (χ2v) is 5.14. The third-order valence-corrected chi connectivity index (χ3v) is 3.17. The number of hydrogen-bond acceptors (Lipinski definition) is 3. The van der Waals surface area contributed by atoms with Crippen molar-refractivity contribution in [3.8, 4) is 0 Å². The van der Waals surface area contributed by atoms with Crippen molar-refractivity contribution in [2.75, 3.05) is 13.2 Å². The Kier molecular flexibility index (Phi) is 4.75. The summed E-state index contributed by atoms with van der Waals surface area (Å²) < 4.78 is 17.1. The summed E-state index contributed by atoms with van der Waals surface area (Å²) in [6.07, 6.45) is -0.0390. The summed E-state index contributed by atoms with van der Waals surface area (Å²) in [5.74, 6) is 0.391. The summed E-state index contributed by atoms with van der Waals surface area (Å²) in [7, 11) is 0. The van der Waals surface area contributed by atoms with Crippen LogP contribution in [0.1, 0.15) is 25.0 Å². The lowest BCUT2D eigenvalue weighted by molar-refractivity contribution is -0.243. The molecule has 0 saturated carbocycles. The molecule has 0 atom stereocenters. The van der Waals surface area contributed by atoms with Crippen LogP contribution in [0.4, 0.5) is 0 Å². The van der Waals surface area contributed by atoms with Crippen molar-refractivity contribution in [3.05, 3.63) is 35.4 Å². The topological polar surface area (TPSA) is 27.7 Å². The molecule has 18 heavy (non-hydrogen) atoms. The van der Waals surface area contributed by atoms with Gasteiger partial charge in [-0.3, -0.25) is 0 Å². The Bertz CT molecular complexity index is 368. The second kappa shape index (κ2) is 6.32. The Morgan fingerprint density at radius 3 is 2.50 bits per heavy atom. The van der Waals surface area contributed by atoms with E-state index in [0.29, 0.717) is 25.7 Å². The number of rotatable bonds is 4. The highest BCUT2D eigenvalue weighted by Crippen LogP contribution is 2.17. The summed E-state index contributed by atoms with van der Waals surface area (Å²) in [5, 5.41) is 0. The predicted molar refractivity (Wildman–Crippen MR) is 70.3 cm³/mol. The van der Waals surface area contributed by atoms with Gasteiger partial charge in [0, 0.05) is 5.92 Å². The molecule has 1 saturated heterocycles. The van der Waals surface area contributed by atoms with Crippen LogP contribution in [0.25, 0.3) is 0 Å². The summed E-state index contributed by atoms with van der Waals surface area (Å²) in [5.41, 5.74) is 2.48. The maximum Gasteiger partial charge on any atom is 0.160 e. The Morgan fingerprint density at radius 1 is 1.22 bits per heavy atom. The molecule has 0 spiro atoms. The lowest BCUT2D eigenvalue weighted by Gasteiger charge is -2.31. The molecule has 1 fully saturated rings. The van der Waals surface area contributed by atoms with Gasteiger partial charge in [0.1, 0.15) is 6.10 Å². The fourth-order valence-corrected chi connectivity index (χ4v) is 1.96. The summed E-state index contributed by atoms with van der Waals surface area (Å²) in [4.78, 5) is 0. The molecule has 0 unspecified atom stereocenters. The smallest absolute Gasteiger partial charge is 0.160 e. The van der Waals surface area contributed by atoms with Gasteiger partial charge in [-0.25, -0.2) is 0 Å². The van der Waals surface area contributed by atoms with E-state index in [-0.39, 0.29) is 12.4 Å². The van der Waals surface area contributed by atoms with Crippen molar-refractivity contribution >= 4 is 0 Å². The molecule has 3 nitrogen and oxygen atoms in total. The van der Waals surface area contributed by atoms with Crippen LogP contribution >= 0.6 is 0 Å². The van der Waals surface area contributed by atoms with Crippen LogP contribution in [-0.2, 0) is 20.8 Å². The van der Waals surface area contributed by atoms with Crippen molar-refractivity contribution in [3.63, 3.8) is 0 Å². The SMILES string of the molecule is Cc1ccccc1COC1COC(C(C)C)OC1. The van der Waals surface area contributed by atoms with E-state index in [9.17, 15) is 0 Å². The Labute approximate surface area is 109 Å². The zero-order valence-electron chi connectivity index (χ0n) is 11.4. The van der Waals surface area contributed by atoms with Crippen LogP contribution < -0.4 is 0 Å². The zero-order valence-corrected chi connectivity index (χ0v) is 11.4. The van der Waals surface area contributed by atoms with Crippen LogP contribution in [0, 0.1) is 12.8 Å². The third-order valence-electron chi connectivity index (χ3n) is 3.17. The Balaban J connectivity index is 1.77. The van der Waals surface area contributed by atoms with E-state index < -0.39 is 0 Å². The molecular weight excluding hydrogens is 228 g/mol. The van der Waals surface area contributed by atoms with Crippen molar-refractivity contribution in [1.29, 1.82) is 0 Å². The van der Waals surface area contributed by atoms with Gasteiger partial charge in [-0.2, -0.15) is 0 Å². The van der Waals surface area contributed by atoms with Gasteiger partial charge >= 0.3 is 0 Å². The molecule has 0 aromatic heterocycles. The lowest BCUT2D eigenvalue weighted by Crippen LogP contribution is -2.39. The second-order valence-electron chi connectivity index (χ2n) is 5.14. The molecular formula is C15H22O3. The highest BCUT2D eigenvalue weighted by atomic mass is 16.7. The predicted octanol–water partition coefficient (Wildman–Crippen LogP) is 2.91. The van der Waals surface area contributed by atoms with Crippen LogP contribution in [-0.4, -0.2) is 25.6 Å². The molecule has 1 aromatic rings. The Hall–Kier alpha value is -0.900. The van der Waals surface area contributed by atoms with Gasteiger partial charge in [-0.05, 0) is 18.1 Å². The van der Waals surface area contributed by atoms with E-state index in [1.165, 1.54) is 11.1 Å². The van der Waals surface area contributed by atoms with Crippen LogP contribution in [0.3, 0.4) is 0 Å². The van der Waals surface area contributed by atoms with E-state index in [2.05, 4.69) is 32.9 Å². The van der Waals surface area contributed by atoms with E-state index in [1.807, 2.05) is 12.1 Å². The summed E-state index contributed by atoms with van der Waals surface area (Å²) >= 11 is 0. The molecule has 1 heterocycles. The first kappa shape index (κ1) is 13.5. The molecule has 1 aliphatic rings. The number of ether oxygens (including phenoxy) is 3. The van der Waals surface area contributed by atoms with E-state index in [4.69, 9.17) is 14.2 Å². The van der Waals surface area contributed by atoms with Crippen LogP contribution in [0.2, 0.25) is 0 Å². The first-order chi connectivity index (χ1) is 8.66. The monoisotopic (exact) mass is 250 g/mol. The molecule has 3 heteroatoms. The Morgan fingerprint density at radius 2 is 1.89 bits per heavy atom. The molecule has 0 N–H and O–H groups in total. The van der Waals surface area contributed by atoms with Gasteiger partial charge in [0.25, 0.3) is 0 Å². The standard InChI is InChI=1S/C15H22O3/c1-11(2)15-17-9-14(10-18-15)16-8-13-7-5-4-6-12(13)3/h4-7,11,14-15H,8-10H2,1-3H3. The van der Waals surface area contributed by atoms with Crippen molar-refractivity contribution < 1.29 is 14.2 Å². The van der Waals surface area contributed by atoms with E-state index in [1.54, 1.807) is 0 Å². The van der Waals surface area contributed by atoms with Crippen molar-refractivity contribution in [2.24, 2.45) is 5.92 Å². The molecule has 0 aliphatic carbocycles. The van der Waals surface area contributed by atoms with Gasteiger partial charge in [0.15, 0.2) is 6.29 Å². The van der Waals surface area contributed by atoms with Gasteiger partial charge in [0.2, 0.25) is 0 Å². The molecule has 1 aromatic carbocycles. The first-order valence-corrected chi connectivity index (χ1v) is 6.56. The fourth-order valence-electron chi connectivity index (χ4n) is 1.96. The first-order valence-electron chi connectivity index (χ1n) is 6.56. The lowest BCUT2D eigenvalue weighted by atomic mass is 10.1. The molecule has 1 aliphatic heterocycles. The largest absolute Gasteiger partial charge is 0.369 e. The minimum Gasteiger partial charge on any atom is -0.369 e. The van der Waals surface area contributed by atoms with Gasteiger partial charge in [0.05, 0.1) is 19.8 Å². The van der Waals surface area contributed by atoms with Crippen molar-refractivity contribution in [1.82, 2.24) is 0 Å². The maximum atomic E-state index is 5.83. The molecule has 100 valence electrons. The summed E-state index contributed by atoms with van der Waals surface area (Å²) in [6, 6.07) is 8.27. The fraction of sp³-hybridized carbons (Fsp3) is 0.600. The molecule has 2 rings (SSSR count). The van der Waals surface area contributed by atoms with Gasteiger partial charge in [-0.1, -0.05) is 38.1 Å². The highest BCUT2D eigenvalue weighted by molar-refractivity contribution is 5.24. The average molecular weight is 250 g/mol.